The number of rotatable bonds is 5. The number of carboxylic acid groups (broad SMARTS) is 1. The number of halogens is 3. The molecule has 4 nitrogen and oxygen atoms in total. The Labute approximate surface area is 210 Å². The summed E-state index contributed by atoms with van der Waals surface area (Å²) >= 11 is 0. The van der Waals surface area contributed by atoms with Crippen molar-refractivity contribution in [2.24, 2.45) is 11.8 Å². The maximum Gasteiger partial charge on any atom is 0.420 e. The van der Waals surface area contributed by atoms with Crippen molar-refractivity contribution in [3.63, 3.8) is 0 Å². The van der Waals surface area contributed by atoms with Crippen molar-refractivity contribution in [3.05, 3.63) is 41.5 Å². The largest absolute Gasteiger partial charge is 0.490 e. The Morgan fingerprint density at radius 1 is 1.03 bits per heavy atom. The van der Waals surface area contributed by atoms with E-state index in [-0.39, 0.29) is 41.3 Å². The van der Waals surface area contributed by atoms with Crippen LogP contribution in [0.2, 0.25) is 0 Å². The van der Waals surface area contributed by atoms with Gasteiger partial charge in [0.25, 0.3) is 0 Å². The zero-order valence-electron chi connectivity index (χ0n) is 21.1. The first-order valence-corrected chi connectivity index (χ1v) is 13.4. The van der Waals surface area contributed by atoms with Gasteiger partial charge in [0.05, 0.1) is 12.0 Å². The minimum Gasteiger partial charge on any atom is -0.490 e. The zero-order valence-corrected chi connectivity index (χ0v) is 21.1. The monoisotopic (exact) mass is 503 g/mol. The van der Waals surface area contributed by atoms with Crippen molar-refractivity contribution >= 4 is 16.7 Å². The molecule has 7 heteroatoms. The minimum atomic E-state index is -4.51. The molecule has 1 saturated carbocycles. The van der Waals surface area contributed by atoms with E-state index in [2.05, 4.69) is 18.7 Å². The molecule has 1 aliphatic carbocycles. The lowest BCUT2D eigenvalue weighted by molar-refractivity contribution is -0.147. The fourth-order valence-electron chi connectivity index (χ4n) is 6.93. The summed E-state index contributed by atoms with van der Waals surface area (Å²) in [6, 6.07) is 8.93. The van der Waals surface area contributed by atoms with Crippen molar-refractivity contribution < 1.29 is 27.8 Å². The van der Waals surface area contributed by atoms with Gasteiger partial charge in [0.1, 0.15) is 11.3 Å². The van der Waals surface area contributed by atoms with Crippen LogP contribution in [0.15, 0.2) is 30.3 Å². The third-order valence-corrected chi connectivity index (χ3v) is 8.86. The fourth-order valence-corrected chi connectivity index (χ4v) is 6.93. The summed E-state index contributed by atoms with van der Waals surface area (Å²) in [7, 11) is 0. The van der Waals surface area contributed by atoms with Gasteiger partial charge in [-0.3, -0.25) is 9.69 Å². The van der Waals surface area contributed by atoms with E-state index < -0.39 is 17.7 Å². The Morgan fingerprint density at radius 3 is 2.31 bits per heavy atom. The smallest absolute Gasteiger partial charge is 0.420 e. The zero-order chi connectivity index (χ0) is 25.6. The van der Waals surface area contributed by atoms with E-state index in [1.54, 1.807) is 12.1 Å². The SMILES string of the molecule is CC1CCC(Oc2ccc3cc(C(C)N4C5CCCC4CC(C(=O)O)C5)ccc3c2C(F)(F)F)CC1. The molecule has 2 aromatic carbocycles. The Morgan fingerprint density at radius 2 is 1.69 bits per heavy atom. The van der Waals surface area contributed by atoms with Crippen LogP contribution in [0.4, 0.5) is 13.2 Å². The molecule has 2 bridgehead atoms. The number of fused-ring (bicyclic) bond motifs is 3. The Balaban J connectivity index is 1.44. The lowest BCUT2D eigenvalue weighted by Gasteiger charge is -2.51. The maximum absolute atomic E-state index is 14.3. The molecule has 196 valence electrons. The highest BCUT2D eigenvalue weighted by Gasteiger charge is 2.43. The van der Waals surface area contributed by atoms with Gasteiger partial charge in [-0.25, -0.2) is 0 Å². The van der Waals surface area contributed by atoms with E-state index in [9.17, 15) is 23.1 Å². The van der Waals surface area contributed by atoms with E-state index in [1.807, 2.05) is 12.1 Å². The van der Waals surface area contributed by atoms with Crippen LogP contribution in [0.3, 0.4) is 0 Å². The second kappa shape index (κ2) is 9.88. The molecular formula is C29H36F3NO3. The van der Waals surface area contributed by atoms with Gasteiger partial charge in [0.2, 0.25) is 0 Å². The van der Waals surface area contributed by atoms with Gasteiger partial charge >= 0.3 is 12.1 Å². The van der Waals surface area contributed by atoms with E-state index in [1.165, 1.54) is 6.07 Å². The average molecular weight is 504 g/mol. The quantitative estimate of drug-likeness (QED) is 0.457. The number of carboxylic acids is 1. The molecule has 0 amide bonds. The van der Waals surface area contributed by atoms with Gasteiger partial charge < -0.3 is 9.84 Å². The molecule has 3 aliphatic rings. The lowest BCUT2D eigenvalue weighted by Crippen LogP contribution is -2.53. The molecule has 3 atom stereocenters. The predicted octanol–water partition coefficient (Wildman–Crippen LogP) is 7.59. The fraction of sp³-hybridized carbons (Fsp3) is 0.621. The summed E-state index contributed by atoms with van der Waals surface area (Å²) in [4.78, 5) is 14.1. The maximum atomic E-state index is 14.3. The summed E-state index contributed by atoms with van der Waals surface area (Å²) in [6.07, 6.45) is 3.16. The summed E-state index contributed by atoms with van der Waals surface area (Å²) in [5, 5.41) is 10.3. The number of carbonyl (C=O) groups is 1. The molecule has 0 radical (unpaired) electrons. The van der Waals surface area contributed by atoms with Crippen LogP contribution in [-0.2, 0) is 11.0 Å². The highest BCUT2D eigenvalue weighted by atomic mass is 19.4. The molecule has 0 spiro atoms. The number of benzene rings is 2. The van der Waals surface area contributed by atoms with Crippen molar-refractivity contribution in [1.29, 1.82) is 0 Å². The van der Waals surface area contributed by atoms with E-state index in [0.717, 1.165) is 50.5 Å². The number of alkyl halides is 3. The van der Waals surface area contributed by atoms with Crippen molar-refractivity contribution in [2.75, 3.05) is 0 Å². The number of hydrogen-bond donors (Lipinski definition) is 1. The standard InChI is InChI=1S/C29H36F3NO3/c1-17-6-10-24(11-7-17)36-26-13-9-20-14-19(8-12-25(20)27(26)29(30,31)32)18(2)33-22-4-3-5-23(33)16-21(15-22)28(34)35/h8-9,12-14,17-18,21-24H,3-7,10-11,15-16H2,1-2H3,(H,34,35). The molecule has 2 aromatic rings. The first-order valence-electron chi connectivity index (χ1n) is 13.4. The second-order valence-corrected chi connectivity index (χ2v) is 11.3. The van der Waals surface area contributed by atoms with Gasteiger partial charge in [0.15, 0.2) is 0 Å². The van der Waals surface area contributed by atoms with Crippen molar-refractivity contribution in [2.45, 2.75) is 102 Å². The molecular weight excluding hydrogens is 467 g/mol. The molecule has 2 saturated heterocycles. The third-order valence-electron chi connectivity index (χ3n) is 8.86. The second-order valence-electron chi connectivity index (χ2n) is 11.3. The van der Waals surface area contributed by atoms with Crippen LogP contribution in [0, 0.1) is 11.8 Å². The Bertz CT molecular complexity index is 1090. The minimum absolute atomic E-state index is 0.00827. The Hall–Kier alpha value is -2.28. The summed E-state index contributed by atoms with van der Waals surface area (Å²) in [6.45, 7) is 4.27. The highest BCUT2D eigenvalue weighted by Crippen LogP contribution is 2.45. The van der Waals surface area contributed by atoms with Crippen LogP contribution in [0.25, 0.3) is 10.8 Å². The van der Waals surface area contributed by atoms with E-state index in [4.69, 9.17) is 4.74 Å². The van der Waals surface area contributed by atoms with Crippen LogP contribution >= 0.6 is 0 Å². The summed E-state index contributed by atoms with van der Waals surface area (Å²) in [5.41, 5.74) is 0.285. The molecule has 1 N–H and O–H groups in total. The number of piperidine rings is 2. The number of aliphatic carboxylic acids is 1. The molecule has 36 heavy (non-hydrogen) atoms. The van der Waals surface area contributed by atoms with Gasteiger partial charge in [-0.2, -0.15) is 13.2 Å². The van der Waals surface area contributed by atoms with Crippen LogP contribution in [0.5, 0.6) is 5.75 Å². The topological polar surface area (TPSA) is 49.8 Å². The van der Waals surface area contributed by atoms with Crippen molar-refractivity contribution in [1.82, 2.24) is 4.90 Å². The summed E-state index contributed by atoms with van der Waals surface area (Å²) < 4.78 is 48.7. The van der Waals surface area contributed by atoms with Gasteiger partial charge in [0, 0.05) is 18.1 Å². The first kappa shape index (κ1) is 25.4. The van der Waals surface area contributed by atoms with E-state index in [0.29, 0.717) is 24.1 Å². The lowest BCUT2D eigenvalue weighted by atomic mass is 9.77. The highest BCUT2D eigenvalue weighted by molar-refractivity contribution is 5.89. The van der Waals surface area contributed by atoms with Gasteiger partial charge in [-0.05, 0) is 92.7 Å². The normalized spacial score (nSPS) is 30.2. The summed E-state index contributed by atoms with van der Waals surface area (Å²) in [5.74, 6) is -0.495. The van der Waals surface area contributed by atoms with Gasteiger partial charge in [-0.1, -0.05) is 31.5 Å². The number of nitrogens with zero attached hydrogens (tertiary/aromatic N) is 1. The molecule has 3 fully saturated rings. The average Bonchev–Trinajstić information content (AvgIpc) is 2.83. The van der Waals surface area contributed by atoms with E-state index >= 15 is 0 Å². The number of ether oxygens (including phenoxy) is 1. The van der Waals surface area contributed by atoms with Gasteiger partial charge in [-0.15, -0.1) is 0 Å². The third kappa shape index (κ3) is 4.96. The first-order chi connectivity index (χ1) is 17.1. The van der Waals surface area contributed by atoms with Crippen LogP contribution in [0.1, 0.15) is 88.8 Å². The predicted molar refractivity (Wildman–Crippen MR) is 133 cm³/mol. The number of hydrogen-bond acceptors (Lipinski definition) is 3. The molecule has 3 unspecified atom stereocenters. The van der Waals surface area contributed by atoms with Crippen molar-refractivity contribution in [3.8, 4) is 5.75 Å². The molecule has 2 aliphatic heterocycles. The molecule has 0 aromatic heterocycles. The van der Waals surface area contributed by atoms with Crippen LogP contribution in [-0.4, -0.2) is 34.2 Å². The molecule has 2 heterocycles. The molecule has 5 rings (SSSR count). The Kier molecular flexibility index (Phi) is 6.96. The van der Waals surface area contributed by atoms with Crippen LogP contribution < -0.4 is 4.74 Å².